The Balaban J connectivity index is 2.28. The summed E-state index contributed by atoms with van der Waals surface area (Å²) < 4.78 is 73.0. The molecule has 0 fully saturated rings. The van der Waals surface area contributed by atoms with E-state index in [9.17, 15) is 21.9 Å². The highest BCUT2D eigenvalue weighted by molar-refractivity contribution is 7.83. The molecule has 1 unspecified atom stereocenters. The van der Waals surface area contributed by atoms with Crippen molar-refractivity contribution in [2.45, 2.75) is 12.7 Å². The molecule has 0 aliphatic carbocycles. The first-order chi connectivity index (χ1) is 13.2. The second-order valence-corrected chi connectivity index (χ2v) is 6.38. The molecule has 8 nitrogen and oxygen atoms in total. The van der Waals surface area contributed by atoms with E-state index in [0.717, 1.165) is 12.1 Å². The Morgan fingerprint density at radius 1 is 1.25 bits per heavy atom. The van der Waals surface area contributed by atoms with Crippen molar-refractivity contribution in [2.24, 2.45) is 0 Å². The third kappa shape index (κ3) is 5.50. The van der Waals surface area contributed by atoms with Crippen LogP contribution >= 0.6 is 12.2 Å². The fourth-order valence-corrected chi connectivity index (χ4v) is 2.87. The maximum absolute atomic E-state index is 13.1. The Hall–Kier alpha value is -2.51. The van der Waals surface area contributed by atoms with Crippen LogP contribution in [0.3, 0.4) is 0 Å². The molecule has 1 aromatic carbocycles. The standard InChI is InChI=1S/C15H15F3N4O4S2/c1-25-11-7-12(26-2)20-13(19-11)21-14(27)22(28(23)24)8-9-5-3-4-6-10(9)15(16,17)18/h3-7H,8H2,1-2H3,(H,23,24)(H,19,20,21,27)/p-1. The van der Waals surface area contributed by atoms with E-state index in [-0.39, 0.29) is 23.3 Å². The van der Waals surface area contributed by atoms with Gasteiger partial charge in [-0.1, -0.05) is 18.2 Å². The molecule has 13 heteroatoms. The summed E-state index contributed by atoms with van der Waals surface area (Å²) in [5.74, 6) is 0.0597. The summed E-state index contributed by atoms with van der Waals surface area (Å²) in [4.78, 5) is 7.85. The lowest BCUT2D eigenvalue weighted by Gasteiger charge is -2.28. The predicted octanol–water partition coefficient (Wildman–Crippen LogP) is 2.51. The van der Waals surface area contributed by atoms with Crippen LogP contribution < -0.4 is 14.8 Å². The minimum Gasteiger partial charge on any atom is -0.755 e. The van der Waals surface area contributed by atoms with E-state index in [0.29, 0.717) is 4.31 Å². The molecular weight excluding hydrogens is 421 g/mol. The van der Waals surface area contributed by atoms with Crippen molar-refractivity contribution in [3.05, 3.63) is 41.5 Å². The minimum atomic E-state index is -4.65. The number of ether oxygens (including phenoxy) is 2. The number of methoxy groups -OCH3 is 2. The number of nitrogens with zero attached hydrogens (tertiary/aromatic N) is 3. The fraction of sp³-hybridized carbons (Fsp3) is 0.267. The predicted molar refractivity (Wildman–Crippen MR) is 97.3 cm³/mol. The Morgan fingerprint density at radius 3 is 2.32 bits per heavy atom. The zero-order chi connectivity index (χ0) is 20.9. The van der Waals surface area contributed by atoms with Gasteiger partial charge in [-0.25, -0.2) is 0 Å². The molecule has 0 saturated heterocycles. The molecule has 0 saturated carbocycles. The lowest BCUT2D eigenvalue weighted by atomic mass is 10.1. The first kappa shape index (κ1) is 21.8. The van der Waals surface area contributed by atoms with Crippen LogP contribution in [0.5, 0.6) is 11.8 Å². The second kappa shape index (κ2) is 9.12. The molecule has 0 aliphatic rings. The van der Waals surface area contributed by atoms with Crippen LogP contribution in [0.15, 0.2) is 30.3 Å². The summed E-state index contributed by atoms with van der Waals surface area (Å²) in [6.45, 7) is -0.640. The summed E-state index contributed by atoms with van der Waals surface area (Å²) >= 11 is 2.04. The van der Waals surface area contributed by atoms with E-state index in [1.807, 2.05) is 0 Å². The number of hydrogen-bond donors (Lipinski definition) is 1. The highest BCUT2D eigenvalue weighted by atomic mass is 32.2. The molecule has 0 radical (unpaired) electrons. The van der Waals surface area contributed by atoms with Crippen molar-refractivity contribution in [3.63, 3.8) is 0 Å². The molecule has 0 spiro atoms. The number of anilines is 1. The maximum Gasteiger partial charge on any atom is 0.416 e. The van der Waals surface area contributed by atoms with E-state index >= 15 is 0 Å². The quantitative estimate of drug-likeness (QED) is 0.546. The Kier molecular flexibility index (Phi) is 7.10. The Labute approximate surface area is 166 Å². The zero-order valence-corrected chi connectivity index (χ0v) is 16.2. The van der Waals surface area contributed by atoms with Crippen LogP contribution in [0.4, 0.5) is 19.1 Å². The Morgan fingerprint density at radius 2 is 1.82 bits per heavy atom. The molecule has 28 heavy (non-hydrogen) atoms. The van der Waals surface area contributed by atoms with Crippen molar-refractivity contribution in [3.8, 4) is 11.8 Å². The Bertz CT molecular complexity index is 860. The van der Waals surface area contributed by atoms with Crippen LogP contribution in [0.25, 0.3) is 0 Å². The number of hydrogen-bond acceptors (Lipinski definition) is 7. The lowest BCUT2D eigenvalue weighted by Crippen LogP contribution is -2.36. The van der Waals surface area contributed by atoms with E-state index in [1.165, 1.54) is 32.4 Å². The van der Waals surface area contributed by atoms with Gasteiger partial charge < -0.3 is 19.3 Å². The highest BCUT2D eigenvalue weighted by Gasteiger charge is 2.33. The number of thiocarbonyl (C=S) groups is 1. The molecule has 0 bridgehead atoms. The second-order valence-electron chi connectivity index (χ2n) is 5.12. The van der Waals surface area contributed by atoms with Gasteiger partial charge in [0.2, 0.25) is 17.7 Å². The summed E-state index contributed by atoms with van der Waals surface area (Å²) in [6.07, 6.45) is -4.65. The molecule has 2 aromatic rings. The average Bonchev–Trinajstić information content (AvgIpc) is 2.64. The van der Waals surface area contributed by atoms with Crippen LogP contribution in [0.1, 0.15) is 11.1 Å². The third-order valence-corrected chi connectivity index (χ3v) is 4.47. The van der Waals surface area contributed by atoms with Gasteiger partial charge >= 0.3 is 6.18 Å². The normalized spacial score (nSPS) is 12.2. The van der Waals surface area contributed by atoms with E-state index < -0.39 is 34.7 Å². The molecule has 2 rings (SSSR count). The number of alkyl halides is 3. The largest absolute Gasteiger partial charge is 0.755 e. The number of halogens is 3. The molecule has 0 amide bonds. The van der Waals surface area contributed by atoms with Crippen LogP contribution in [-0.4, -0.2) is 42.4 Å². The molecule has 1 heterocycles. The van der Waals surface area contributed by atoms with Crippen molar-refractivity contribution in [1.29, 1.82) is 0 Å². The van der Waals surface area contributed by atoms with Gasteiger partial charge in [0.15, 0.2) is 5.11 Å². The SMILES string of the molecule is COc1cc(OC)nc(NC(=S)N(Cc2ccccc2C(F)(F)F)S(=O)[O-])n1. The van der Waals surface area contributed by atoms with Gasteiger partial charge in [0.05, 0.1) is 32.4 Å². The van der Waals surface area contributed by atoms with Gasteiger partial charge in [0, 0.05) is 11.3 Å². The molecule has 152 valence electrons. The van der Waals surface area contributed by atoms with E-state index in [4.69, 9.17) is 21.7 Å². The van der Waals surface area contributed by atoms with Gasteiger partial charge in [0.25, 0.3) is 0 Å². The molecule has 1 aromatic heterocycles. The van der Waals surface area contributed by atoms with Gasteiger partial charge in [-0.2, -0.15) is 23.1 Å². The highest BCUT2D eigenvalue weighted by Crippen LogP contribution is 2.32. The monoisotopic (exact) mass is 435 g/mol. The third-order valence-electron chi connectivity index (χ3n) is 3.36. The van der Waals surface area contributed by atoms with Crippen molar-refractivity contribution in [2.75, 3.05) is 19.5 Å². The molecule has 1 N–H and O–H groups in total. The summed E-state index contributed by atoms with van der Waals surface area (Å²) in [7, 11) is 2.69. The van der Waals surface area contributed by atoms with Crippen LogP contribution in [0.2, 0.25) is 0 Å². The number of nitrogens with one attached hydrogen (secondary N) is 1. The molecule has 0 aliphatic heterocycles. The summed E-state index contributed by atoms with van der Waals surface area (Å²) in [5.41, 5.74) is -1.24. The summed E-state index contributed by atoms with van der Waals surface area (Å²) in [5, 5.41) is 2.02. The first-order valence-corrected chi connectivity index (χ1v) is 8.89. The number of aromatic nitrogens is 2. The topological polar surface area (TPSA) is 99.6 Å². The van der Waals surface area contributed by atoms with E-state index in [1.54, 1.807) is 0 Å². The number of benzene rings is 1. The molecule has 1 atom stereocenters. The average molecular weight is 435 g/mol. The van der Waals surface area contributed by atoms with Gasteiger partial charge in [-0.3, -0.25) is 8.51 Å². The first-order valence-electron chi connectivity index (χ1n) is 7.45. The van der Waals surface area contributed by atoms with Gasteiger partial charge in [-0.05, 0) is 23.8 Å². The van der Waals surface area contributed by atoms with Crippen LogP contribution in [0, 0.1) is 0 Å². The van der Waals surface area contributed by atoms with Crippen molar-refractivity contribution >= 4 is 34.5 Å². The van der Waals surface area contributed by atoms with E-state index in [2.05, 4.69) is 15.3 Å². The lowest BCUT2D eigenvalue weighted by molar-refractivity contribution is -0.138. The smallest absolute Gasteiger partial charge is 0.416 e. The zero-order valence-electron chi connectivity index (χ0n) is 14.5. The number of rotatable bonds is 6. The molecular formula is C15H14F3N4O4S2-. The van der Waals surface area contributed by atoms with Gasteiger partial charge in [-0.15, -0.1) is 0 Å². The summed E-state index contributed by atoms with van der Waals surface area (Å²) in [6, 6.07) is 5.96. The minimum absolute atomic E-state index is 0.106. The van der Waals surface area contributed by atoms with Crippen molar-refractivity contribution < 1.29 is 31.4 Å². The van der Waals surface area contributed by atoms with Gasteiger partial charge in [0.1, 0.15) is 0 Å². The fourth-order valence-electron chi connectivity index (χ4n) is 2.11. The van der Waals surface area contributed by atoms with Crippen LogP contribution in [-0.2, 0) is 24.0 Å². The maximum atomic E-state index is 13.1. The van der Waals surface area contributed by atoms with Crippen molar-refractivity contribution in [1.82, 2.24) is 14.3 Å².